The molecule has 7 atom stereocenters. The van der Waals surface area contributed by atoms with E-state index in [4.69, 9.17) is 0 Å². The molecule has 2 N–H and O–H groups in total. The minimum Gasteiger partial charge on any atom is -0.508 e. The number of nitrogens with one attached hydrogen (secondary N) is 1. The number of hydrogen-bond donors (Lipinski definition) is 2. The van der Waals surface area contributed by atoms with E-state index in [0.717, 1.165) is 54.7 Å². The van der Waals surface area contributed by atoms with E-state index in [1.165, 1.54) is 73.0 Å². The van der Waals surface area contributed by atoms with Crippen LogP contribution < -0.4 is 5.32 Å². The SMILES string of the molecule is C[C@@H]1CC=C[C@@]2(CCC[C@H]3[C@@H]4Cc5cc(O)cc(c5)Cc5ccccc5CN[C@H](C)CSSC[C@@H](C4)C[C@@H]32)C1. The topological polar surface area (TPSA) is 32.3 Å². The average Bonchev–Trinajstić information content (AvgIpc) is 2.90. The summed E-state index contributed by atoms with van der Waals surface area (Å²) in [5.41, 5.74) is 5.76. The lowest BCUT2D eigenvalue weighted by Crippen LogP contribution is -2.47. The van der Waals surface area contributed by atoms with Gasteiger partial charge in [-0.3, -0.25) is 0 Å². The molecule has 4 heteroatoms. The summed E-state index contributed by atoms with van der Waals surface area (Å²) in [6.07, 6.45) is 16.8. The van der Waals surface area contributed by atoms with Crippen molar-refractivity contribution >= 4 is 21.6 Å². The summed E-state index contributed by atoms with van der Waals surface area (Å²) in [4.78, 5) is 0. The summed E-state index contributed by atoms with van der Waals surface area (Å²) in [5, 5.41) is 14.6. The van der Waals surface area contributed by atoms with E-state index in [-0.39, 0.29) is 0 Å². The zero-order valence-electron chi connectivity index (χ0n) is 23.9. The number of phenols is 1. The molecule has 2 aromatic rings. The van der Waals surface area contributed by atoms with Gasteiger partial charge in [0.25, 0.3) is 0 Å². The summed E-state index contributed by atoms with van der Waals surface area (Å²) in [5.74, 6) is 6.84. The standard InChI is InChI=1S/C35H47NOS2/c1-24-7-5-11-35(20-24)12-6-10-33-31-15-27-13-26(17-32(37)18-27)14-29-8-3-4-9-30(29)21-36-25(2)22-38-39-23-28(16-31)19-34(33)35/h3-5,8-9,11,13,17-18,24-25,28,31,33-34,36-37H,6-7,10,12,14-16,19-23H2,1-2H3/t24-,25-,28+,31-,33+,34+,35-/m1/s1. The molecule has 2 nitrogen and oxygen atoms in total. The van der Waals surface area contributed by atoms with Crippen molar-refractivity contribution in [2.45, 2.75) is 84.2 Å². The molecule has 4 bridgehead atoms. The second-order valence-electron chi connectivity index (χ2n) is 13.4. The normalized spacial score (nSPS) is 35.5. The van der Waals surface area contributed by atoms with Crippen LogP contribution in [0, 0.1) is 35.0 Å². The molecule has 0 aromatic heterocycles. The Hall–Kier alpha value is -1.36. The fourth-order valence-electron chi connectivity index (χ4n) is 8.70. The number of hydrogen-bond acceptors (Lipinski definition) is 4. The summed E-state index contributed by atoms with van der Waals surface area (Å²) in [6, 6.07) is 15.8. The smallest absolute Gasteiger partial charge is 0.116 e. The van der Waals surface area contributed by atoms with Gasteiger partial charge < -0.3 is 10.4 Å². The van der Waals surface area contributed by atoms with Crippen molar-refractivity contribution in [3.63, 3.8) is 0 Å². The van der Waals surface area contributed by atoms with Gasteiger partial charge in [-0.2, -0.15) is 0 Å². The van der Waals surface area contributed by atoms with Gasteiger partial charge in [-0.1, -0.05) is 77.4 Å². The molecule has 210 valence electrons. The third-order valence-electron chi connectivity index (χ3n) is 10.4. The monoisotopic (exact) mass is 561 g/mol. The Morgan fingerprint density at radius 3 is 2.67 bits per heavy atom. The average molecular weight is 562 g/mol. The molecule has 6 rings (SSSR count). The zero-order valence-corrected chi connectivity index (χ0v) is 25.5. The number of phenolic OH excluding ortho intramolecular Hbond substituents is 1. The van der Waals surface area contributed by atoms with Gasteiger partial charge in [-0.15, -0.1) is 0 Å². The molecule has 0 radical (unpaired) electrons. The number of allylic oxidation sites excluding steroid dienone is 2. The predicted octanol–water partition coefficient (Wildman–Crippen LogP) is 8.81. The van der Waals surface area contributed by atoms with Crippen LogP contribution in [0.1, 0.15) is 81.0 Å². The number of fused-ring (bicyclic) bond motifs is 8. The molecule has 0 amide bonds. The van der Waals surface area contributed by atoms with Crippen molar-refractivity contribution < 1.29 is 5.11 Å². The minimum absolute atomic E-state index is 0.431. The Balaban J connectivity index is 1.33. The summed E-state index contributed by atoms with van der Waals surface area (Å²) in [7, 11) is 4.20. The van der Waals surface area contributed by atoms with Crippen LogP contribution in [0.2, 0.25) is 0 Å². The third kappa shape index (κ3) is 6.44. The Morgan fingerprint density at radius 1 is 0.974 bits per heavy atom. The molecule has 2 fully saturated rings. The second kappa shape index (κ2) is 12.2. The first kappa shape index (κ1) is 27.8. The Morgan fingerprint density at radius 2 is 1.79 bits per heavy atom. The Bertz CT molecular complexity index is 1160. The molecule has 1 aliphatic heterocycles. The van der Waals surface area contributed by atoms with Crippen LogP contribution in [0.25, 0.3) is 0 Å². The maximum absolute atomic E-state index is 10.8. The maximum Gasteiger partial charge on any atom is 0.116 e. The molecular formula is C35H47NOS2. The summed E-state index contributed by atoms with van der Waals surface area (Å²) < 4.78 is 0. The van der Waals surface area contributed by atoms with Crippen LogP contribution in [-0.4, -0.2) is 22.7 Å². The number of benzene rings is 2. The Labute approximate surface area is 244 Å². The highest BCUT2D eigenvalue weighted by Crippen LogP contribution is 2.59. The highest BCUT2D eigenvalue weighted by Gasteiger charge is 2.50. The van der Waals surface area contributed by atoms with Crippen LogP contribution in [0.3, 0.4) is 0 Å². The van der Waals surface area contributed by atoms with Crippen molar-refractivity contribution in [2.75, 3.05) is 11.5 Å². The molecule has 1 spiro atoms. The third-order valence-corrected chi connectivity index (χ3v) is 13.1. The lowest BCUT2D eigenvalue weighted by Gasteiger charge is -2.55. The lowest BCUT2D eigenvalue weighted by atomic mass is 9.50. The number of rotatable bonds is 0. The highest BCUT2D eigenvalue weighted by atomic mass is 33.1. The summed E-state index contributed by atoms with van der Waals surface area (Å²) in [6.45, 7) is 5.71. The van der Waals surface area contributed by atoms with E-state index < -0.39 is 0 Å². The van der Waals surface area contributed by atoms with Gasteiger partial charge in [0.05, 0.1) is 0 Å². The van der Waals surface area contributed by atoms with Gasteiger partial charge in [0, 0.05) is 24.1 Å². The first-order valence-corrected chi connectivity index (χ1v) is 18.0. The van der Waals surface area contributed by atoms with Crippen LogP contribution in [0.15, 0.2) is 54.6 Å². The minimum atomic E-state index is 0.431. The summed E-state index contributed by atoms with van der Waals surface area (Å²) >= 11 is 0. The van der Waals surface area contributed by atoms with E-state index in [0.29, 0.717) is 17.2 Å². The van der Waals surface area contributed by atoms with Gasteiger partial charge >= 0.3 is 0 Å². The van der Waals surface area contributed by atoms with Crippen LogP contribution in [0.4, 0.5) is 0 Å². The van der Waals surface area contributed by atoms with Crippen molar-refractivity contribution in [2.24, 2.45) is 35.0 Å². The highest BCUT2D eigenvalue weighted by molar-refractivity contribution is 8.76. The van der Waals surface area contributed by atoms with Crippen molar-refractivity contribution in [1.29, 1.82) is 0 Å². The molecule has 0 unspecified atom stereocenters. The first-order chi connectivity index (χ1) is 19.0. The molecule has 3 aliphatic carbocycles. The van der Waals surface area contributed by atoms with Gasteiger partial charge in [-0.25, -0.2) is 0 Å². The first-order valence-electron chi connectivity index (χ1n) is 15.5. The largest absolute Gasteiger partial charge is 0.508 e. The van der Waals surface area contributed by atoms with Crippen molar-refractivity contribution in [3.05, 3.63) is 76.9 Å². The predicted molar refractivity (Wildman–Crippen MR) is 169 cm³/mol. The van der Waals surface area contributed by atoms with E-state index in [9.17, 15) is 5.11 Å². The van der Waals surface area contributed by atoms with Crippen LogP contribution in [-0.2, 0) is 19.4 Å². The van der Waals surface area contributed by atoms with E-state index in [2.05, 4.69) is 89.3 Å². The number of aromatic hydroxyl groups is 1. The molecule has 1 heterocycles. The molecule has 4 aliphatic rings. The fourth-order valence-corrected chi connectivity index (χ4v) is 11.4. The quantitative estimate of drug-likeness (QED) is 0.249. The van der Waals surface area contributed by atoms with E-state index in [1.54, 1.807) is 0 Å². The molecule has 0 saturated heterocycles. The molecule has 2 aromatic carbocycles. The van der Waals surface area contributed by atoms with Gasteiger partial charge in [-0.05, 0) is 128 Å². The fraction of sp³-hybridized carbons (Fsp3) is 0.600. The van der Waals surface area contributed by atoms with Crippen LogP contribution in [0.5, 0.6) is 5.75 Å². The zero-order chi connectivity index (χ0) is 26.8. The van der Waals surface area contributed by atoms with Crippen molar-refractivity contribution in [1.82, 2.24) is 5.32 Å². The van der Waals surface area contributed by atoms with Crippen molar-refractivity contribution in [3.8, 4) is 5.75 Å². The van der Waals surface area contributed by atoms with E-state index in [1.807, 2.05) is 6.07 Å². The van der Waals surface area contributed by atoms with Gasteiger partial charge in [0.15, 0.2) is 0 Å². The van der Waals surface area contributed by atoms with E-state index >= 15 is 0 Å². The molecule has 39 heavy (non-hydrogen) atoms. The Kier molecular flexibility index (Phi) is 8.73. The molecule has 2 saturated carbocycles. The second-order valence-corrected chi connectivity index (χ2v) is 16.0. The van der Waals surface area contributed by atoms with Gasteiger partial charge in [0.1, 0.15) is 5.75 Å². The lowest BCUT2D eigenvalue weighted by molar-refractivity contribution is -0.0224. The van der Waals surface area contributed by atoms with Gasteiger partial charge in [0.2, 0.25) is 0 Å². The van der Waals surface area contributed by atoms with Crippen LogP contribution >= 0.6 is 21.6 Å². The molecular weight excluding hydrogens is 515 g/mol. The maximum atomic E-state index is 10.8.